The van der Waals surface area contributed by atoms with Crippen molar-refractivity contribution in [1.29, 1.82) is 0 Å². The zero-order valence-electron chi connectivity index (χ0n) is 9.62. The standard InChI is InChI=1S/C14H19O/c1-3-5-6-11-14(15)13-10-8-7-9-12(13)4-2/h4,7-10H,3,5-6,11H2,1-2H3. The largest absolute Gasteiger partial charge is 0.294 e. The lowest BCUT2D eigenvalue weighted by Crippen LogP contribution is -2.02. The summed E-state index contributed by atoms with van der Waals surface area (Å²) in [6, 6.07) is 7.81. The van der Waals surface area contributed by atoms with Crippen molar-refractivity contribution >= 4 is 5.78 Å². The van der Waals surface area contributed by atoms with Gasteiger partial charge in [0.25, 0.3) is 0 Å². The van der Waals surface area contributed by atoms with Gasteiger partial charge in [-0.1, -0.05) is 51.0 Å². The summed E-state index contributed by atoms with van der Waals surface area (Å²) in [5.74, 6) is 0.275. The molecule has 0 N–H and O–H groups in total. The molecule has 0 aliphatic rings. The number of carbonyl (C=O) groups excluding carboxylic acids is 1. The van der Waals surface area contributed by atoms with Gasteiger partial charge in [-0.3, -0.25) is 4.79 Å². The molecular formula is C14H19O. The van der Waals surface area contributed by atoms with Crippen molar-refractivity contribution in [2.45, 2.75) is 39.5 Å². The summed E-state index contributed by atoms with van der Waals surface area (Å²) in [7, 11) is 0. The van der Waals surface area contributed by atoms with Crippen LogP contribution in [0, 0.1) is 6.42 Å². The van der Waals surface area contributed by atoms with Gasteiger partial charge in [-0.05, 0) is 18.4 Å². The Morgan fingerprint density at radius 2 is 2.00 bits per heavy atom. The fourth-order valence-corrected chi connectivity index (χ4v) is 1.67. The molecule has 0 amide bonds. The van der Waals surface area contributed by atoms with Crippen LogP contribution in [0.4, 0.5) is 0 Å². The number of benzene rings is 1. The van der Waals surface area contributed by atoms with Gasteiger partial charge in [0.1, 0.15) is 0 Å². The summed E-state index contributed by atoms with van der Waals surface area (Å²) < 4.78 is 0. The average Bonchev–Trinajstić information content (AvgIpc) is 2.29. The monoisotopic (exact) mass is 203 g/mol. The highest BCUT2D eigenvalue weighted by Crippen LogP contribution is 2.14. The first-order chi connectivity index (χ1) is 7.29. The van der Waals surface area contributed by atoms with E-state index in [4.69, 9.17) is 0 Å². The van der Waals surface area contributed by atoms with E-state index in [1.54, 1.807) is 0 Å². The first-order valence-corrected chi connectivity index (χ1v) is 5.71. The molecule has 0 fully saturated rings. The molecule has 0 aliphatic heterocycles. The van der Waals surface area contributed by atoms with Gasteiger partial charge < -0.3 is 0 Å². The maximum Gasteiger partial charge on any atom is 0.163 e. The molecule has 15 heavy (non-hydrogen) atoms. The Labute approximate surface area is 92.5 Å². The minimum atomic E-state index is 0.275. The predicted octanol–water partition coefficient (Wildman–Crippen LogP) is 4.02. The van der Waals surface area contributed by atoms with Gasteiger partial charge in [0.2, 0.25) is 0 Å². The first kappa shape index (κ1) is 12.0. The Morgan fingerprint density at radius 1 is 1.27 bits per heavy atom. The van der Waals surface area contributed by atoms with Crippen LogP contribution in [0.2, 0.25) is 0 Å². The van der Waals surface area contributed by atoms with E-state index in [9.17, 15) is 4.79 Å². The minimum absolute atomic E-state index is 0.275. The fourth-order valence-electron chi connectivity index (χ4n) is 1.67. The molecule has 1 aromatic carbocycles. The number of hydrogen-bond donors (Lipinski definition) is 0. The lowest BCUT2D eigenvalue weighted by atomic mass is 9.98. The van der Waals surface area contributed by atoms with Crippen molar-refractivity contribution in [3.8, 4) is 0 Å². The van der Waals surface area contributed by atoms with E-state index in [0.29, 0.717) is 6.42 Å². The number of unbranched alkanes of at least 4 members (excludes halogenated alkanes) is 2. The first-order valence-electron chi connectivity index (χ1n) is 5.71. The highest BCUT2D eigenvalue weighted by atomic mass is 16.1. The van der Waals surface area contributed by atoms with Crippen molar-refractivity contribution < 1.29 is 4.79 Å². The van der Waals surface area contributed by atoms with Gasteiger partial charge in [0.05, 0.1) is 0 Å². The molecule has 1 radical (unpaired) electrons. The van der Waals surface area contributed by atoms with Gasteiger partial charge in [-0.15, -0.1) is 0 Å². The molecule has 1 nitrogen and oxygen atoms in total. The molecule has 0 aliphatic carbocycles. The maximum absolute atomic E-state index is 11.9. The summed E-state index contributed by atoms with van der Waals surface area (Å²) in [5.41, 5.74) is 1.93. The highest BCUT2D eigenvalue weighted by Gasteiger charge is 2.08. The molecule has 0 unspecified atom stereocenters. The van der Waals surface area contributed by atoms with Crippen LogP contribution in [0.3, 0.4) is 0 Å². The zero-order chi connectivity index (χ0) is 11.1. The van der Waals surface area contributed by atoms with E-state index in [2.05, 4.69) is 6.92 Å². The van der Waals surface area contributed by atoms with Crippen LogP contribution < -0.4 is 0 Å². The van der Waals surface area contributed by atoms with Crippen LogP contribution in [0.5, 0.6) is 0 Å². The predicted molar refractivity (Wildman–Crippen MR) is 64.0 cm³/mol. The second-order valence-corrected chi connectivity index (χ2v) is 3.76. The van der Waals surface area contributed by atoms with Gasteiger partial charge >= 0.3 is 0 Å². The van der Waals surface area contributed by atoms with E-state index in [1.165, 1.54) is 0 Å². The molecule has 0 heterocycles. The van der Waals surface area contributed by atoms with Crippen LogP contribution >= 0.6 is 0 Å². The molecule has 0 spiro atoms. The second-order valence-electron chi connectivity index (χ2n) is 3.76. The van der Waals surface area contributed by atoms with Crippen LogP contribution in [0.15, 0.2) is 24.3 Å². The molecule has 1 aromatic rings. The van der Waals surface area contributed by atoms with Crippen molar-refractivity contribution in [2.24, 2.45) is 0 Å². The molecule has 0 saturated heterocycles. The molecule has 1 heteroatoms. The third kappa shape index (κ3) is 3.50. The van der Waals surface area contributed by atoms with E-state index in [0.717, 1.165) is 30.4 Å². The van der Waals surface area contributed by atoms with Crippen LogP contribution in [-0.4, -0.2) is 5.78 Å². The van der Waals surface area contributed by atoms with Crippen molar-refractivity contribution in [3.05, 3.63) is 41.8 Å². The van der Waals surface area contributed by atoms with Gasteiger partial charge in [0.15, 0.2) is 5.78 Å². The lowest BCUT2D eigenvalue weighted by Gasteiger charge is -2.05. The van der Waals surface area contributed by atoms with Crippen LogP contribution in [-0.2, 0) is 0 Å². The van der Waals surface area contributed by atoms with E-state index in [-0.39, 0.29) is 5.78 Å². The Balaban J connectivity index is 2.64. The summed E-state index contributed by atoms with van der Waals surface area (Å²) in [4.78, 5) is 11.9. The SMILES string of the molecule is C[CH]c1ccccc1C(=O)CCCCC. The molecule has 1 rings (SSSR count). The molecule has 81 valence electrons. The summed E-state index contributed by atoms with van der Waals surface area (Å²) >= 11 is 0. The Bertz CT molecular complexity index is 315. The van der Waals surface area contributed by atoms with Crippen molar-refractivity contribution in [3.63, 3.8) is 0 Å². The number of carbonyl (C=O) groups is 1. The van der Waals surface area contributed by atoms with Gasteiger partial charge in [-0.2, -0.15) is 0 Å². The van der Waals surface area contributed by atoms with E-state index < -0.39 is 0 Å². The smallest absolute Gasteiger partial charge is 0.163 e. The molecular weight excluding hydrogens is 184 g/mol. The fraction of sp³-hybridized carbons (Fsp3) is 0.429. The summed E-state index contributed by atoms with van der Waals surface area (Å²) in [5, 5.41) is 0. The van der Waals surface area contributed by atoms with E-state index in [1.807, 2.05) is 37.6 Å². The third-order valence-electron chi connectivity index (χ3n) is 2.58. The summed E-state index contributed by atoms with van der Waals surface area (Å²) in [6.07, 6.45) is 5.98. The molecule has 0 bridgehead atoms. The highest BCUT2D eigenvalue weighted by molar-refractivity contribution is 5.97. The summed E-state index contributed by atoms with van der Waals surface area (Å²) in [6.45, 7) is 4.12. The number of rotatable bonds is 6. The number of hydrogen-bond acceptors (Lipinski definition) is 1. The van der Waals surface area contributed by atoms with Gasteiger partial charge in [-0.25, -0.2) is 0 Å². The topological polar surface area (TPSA) is 17.1 Å². The van der Waals surface area contributed by atoms with Crippen molar-refractivity contribution in [2.75, 3.05) is 0 Å². The Morgan fingerprint density at radius 3 is 2.67 bits per heavy atom. The van der Waals surface area contributed by atoms with Crippen molar-refractivity contribution in [1.82, 2.24) is 0 Å². The quantitative estimate of drug-likeness (QED) is 0.504. The minimum Gasteiger partial charge on any atom is -0.294 e. The lowest BCUT2D eigenvalue weighted by molar-refractivity contribution is 0.0979. The third-order valence-corrected chi connectivity index (χ3v) is 2.58. The van der Waals surface area contributed by atoms with E-state index >= 15 is 0 Å². The number of ketones is 1. The van der Waals surface area contributed by atoms with Gasteiger partial charge in [0, 0.05) is 12.0 Å². The average molecular weight is 203 g/mol. The maximum atomic E-state index is 11.9. The molecule has 0 saturated carbocycles. The van der Waals surface area contributed by atoms with Crippen LogP contribution in [0.25, 0.3) is 0 Å². The number of Topliss-reactive ketones (excluding diaryl/α,β-unsaturated/α-hetero) is 1. The molecule has 0 atom stereocenters. The normalized spacial score (nSPS) is 10.3. The second kappa shape index (κ2) is 6.39. The Kier molecular flexibility index (Phi) is 5.09. The Hall–Kier alpha value is -1.11. The van der Waals surface area contributed by atoms with Crippen LogP contribution in [0.1, 0.15) is 55.5 Å². The molecule has 0 aromatic heterocycles. The zero-order valence-corrected chi connectivity index (χ0v) is 9.62.